The third kappa shape index (κ3) is 4.42. The van der Waals surface area contributed by atoms with E-state index in [1.807, 2.05) is 0 Å². The van der Waals surface area contributed by atoms with Crippen LogP contribution in [0.5, 0.6) is 0 Å². The van der Waals surface area contributed by atoms with Gasteiger partial charge in [-0.25, -0.2) is 9.97 Å². The molecule has 11 rings (SSSR count). The fourth-order valence-electron chi connectivity index (χ4n) is 9.08. The van der Waals surface area contributed by atoms with Crippen molar-refractivity contribution < 1.29 is 0 Å². The van der Waals surface area contributed by atoms with Crippen molar-refractivity contribution in [3.63, 3.8) is 0 Å². The maximum atomic E-state index is 5.45. The van der Waals surface area contributed by atoms with Crippen molar-refractivity contribution in [3.8, 4) is 50.7 Å². The first-order chi connectivity index (χ1) is 26.6. The number of rotatable bonds is 4. The molecule has 2 aromatic heterocycles. The van der Waals surface area contributed by atoms with Crippen molar-refractivity contribution in [2.24, 2.45) is 0 Å². The Hall–Kier alpha value is -6.84. The van der Waals surface area contributed by atoms with Crippen molar-refractivity contribution >= 4 is 43.4 Å². The zero-order valence-corrected chi connectivity index (χ0v) is 30.1. The molecule has 10 aromatic rings. The molecule has 3 heteroatoms. The van der Waals surface area contributed by atoms with Gasteiger partial charge in [0, 0.05) is 38.3 Å². The van der Waals surface area contributed by atoms with Crippen LogP contribution >= 0.6 is 0 Å². The first kappa shape index (κ1) is 30.8. The van der Waals surface area contributed by atoms with Gasteiger partial charge in [-0.3, -0.25) is 4.57 Å². The van der Waals surface area contributed by atoms with E-state index < -0.39 is 0 Å². The number of nitrogens with zero attached hydrogens (tertiary/aromatic N) is 3. The topological polar surface area (TPSA) is 30.7 Å². The summed E-state index contributed by atoms with van der Waals surface area (Å²) in [5.74, 6) is 0.650. The summed E-state index contributed by atoms with van der Waals surface area (Å²) in [6.45, 7) is 4.71. The highest BCUT2D eigenvalue weighted by Gasteiger charge is 2.35. The highest BCUT2D eigenvalue weighted by molar-refractivity contribution is 6.33. The number of hydrogen-bond acceptors (Lipinski definition) is 2. The van der Waals surface area contributed by atoms with Gasteiger partial charge in [0.1, 0.15) is 0 Å². The Kier molecular flexibility index (Phi) is 6.60. The van der Waals surface area contributed by atoms with E-state index in [1.54, 1.807) is 0 Å². The van der Waals surface area contributed by atoms with E-state index in [2.05, 4.69) is 194 Å². The van der Waals surface area contributed by atoms with Crippen LogP contribution in [0.15, 0.2) is 176 Å². The first-order valence-electron chi connectivity index (χ1n) is 18.7. The van der Waals surface area contributed by atoms with Crippen LogP contribution in [-0.2, 0) is 5.41 Å². The molecule has 1 aliphatic rings. The largest absolute Gasteiger partial charge is 0.277 e. The molecule has 0 saturated heterocycles. The fraction of sp³-hybridized carbons (Fsp3) is 0.0588. The second-order valence-corrected chi connectivity index (χ2v) is 15.0. The van der Waals surface area contributed by atoms with Gasteiger partial charge in [-0.1, -0.05) is 178 Å². The summed E-state index contributed by atoms with van der Waals surface area (Å²) >= 11 is 0. The Balaban J connectivity index is 1.30. The fourth-order valence-corrected chi connectivity index (χ4v) is 9.08. The van der Waals surface area contributed by atoms with Crippen LogP contribution in [0.1, 0.15) is 25.0 Å². The minimum Gasteiger partial charge on any atom is -0.277 e. The smallest absolute Gasteiger partial charge is 0.235 e. The Morgan fingerprint density at radius 2 is 0.926 bits per heavy atom. The molecule has 0 saturated carbocycles. The Labute approximate surface area is 313 Å². The number of benzene rings is 8. The van der Waals surface area contributed by atoms with Gasteiger partial charge < -0.3 is 0 Å². The molecule has 0 aliphatic heterocycles. The zero-order chi connectivity index (χ0) is 36.0. The van der Waals surface area contributed by atoms with E-state index in [-0.39, 0.29) is 5.41 Å². The molecule has 0 radical (unpaired) electrons. The molecular formula is C51H35N3. The summed E-state index contributed by atoms with van der Waals surface area (Å²) in [5, 5.41) is 7.25. The predicted octanol–water partition coefficient (Wildman–Crippen LogP) is 13.2. The molecule has 2 heterocycles. The molecule has 1 aliphatic carbocycles. The number of aromatic nitrogens is 3. The van der Waals surface area contributed by atoms with Crippen molar-refractivity contribution in [1.82, 2.24) is 14.5 Å². The molecule has 0 spiro atoms. The van der Waals surface area contributed by atoms with Gasteiger partial charge in [0.25, 0.3) is 0 Å². The molecule has 54 heavy (non-hydrogen) atoms. The zero-order valence-electron chi connectivity index (χ0n) is 30.1. The molecule has 0 fully saturated rings. The van der Waals surface area contributed by atoms with E-state index in [9.17, 15) is 0 Å². The minimum atomic E-state index is -0.118. The third-order valence-corrected chi connectivity index (χ3v) is 11.6. The lowest BCUT2D eigenvalue weighted by Gasteiger charge is -2.22. The van der Waals surface area contributed by atoms with Gasteiger partial charge in [-0.15, -0.1) is 0 Å². The molecule has 0 unspecified atom stereocenters. The van der Waals surface area contributed by atoms with Crippen molar-refractivity contribution in [2.45, 2.75) is 19.3 Å². The molecule has 0 atom stereocenters. The summed E-state index contributed by atoms with van der Waals surface area (Å²) in [6.07, 6.45) is 0. The second-order valence-electron chi connectivity index (χ2n) is 15.0. The molecule has 0 amide bonds. The predicted molar refractivity (Wildman–Crippen MR) is 225 cm³/mol. The maximum Gasteiger partial charge on any atom is 0.235 e. The highest BCUT2D eigenvalue weighted by atomic mass is 15.2. The normalized spacial score (nSPS) is 13.1. The summed E-state index contributed by atoms with van der Waals surface area (Å²) in [4.78, 5) is 10.9. The Bertz CT molecular complexity index is 3060. The third-order valence-electron chi connectivity index (χ3n) is 11.6. The Morgan fingerprint density at radius 1 is 0.389 bits per heavy atom. The van der Waals surface area contributed by atoms with E-state index in [1.165, 1.54) is 60.1 Å². The van der Waals surface area contributed by atoms with Crippen LogP contribution in [0.4, 0.5) is 0 Å². The van der Waals surface area contributed by atoms with Gasteiger partial charge in [0.15, 0.2) is 0 Å². The van der Waals surface area contributed by atoms with Crippen LogP contribution in [0, 0.1) is 0 Å². The van der Waals surface area contributed by atoms with Crippen LogP contribution in [0.3, 0.4) is 0 Å². The number of para-hydroxylation sites is 1. The molecular weight excluding hydrogens is 655 g/mol. The standard InChI is InChI=1S/C51H35N3/c1-51(2)43-27-14-13-22-38(43)39-29-28-34(30-44(39)51)35-25-15-26-42-47-40-23-11-9-20-36(40)37-21-10-12-24-41(37)49(47)54(48(35)42)50-52-45(32-16-5-3-6-17-32)31-46(53-50)33-18-7-4-8-19-33/h3-31H,1-2H3. The van der Waals surface area contributed by atoms with Crippen LogP contribution in [0.25, 0.3) is 94.1 Å². The monoisotopic (exact) mass is 689 g/mol. The first-order valence-corrected chi connectivity index (χ1v) is 18.7. The molecule has 8 aromatic carbocycles. The van der Waals surface area contributed by atoms with Crippen LogP contribution in [-0.4, -0.2) is 14.5 Å². The number of hydrogen-bond donors (Lipinski definition) is 0. The van der Waals surface area contributed by atoms with Gasteiger partial charge in [0.05, 0.1) is 22.4 Å². The van der Waals surface area contributed by atoms with Crippen LogP contribution < -0.4 is 0 Å². The van der Waals surface area contributed by atoms with Gasteiger partial charge in [0.2, 0.25) is 5.95 Å². The lowest BCUT2D eigenvalue weighted by molar-refractivity contribution is 0.660. The molecule has 0 N–H and O–H groups in total. The minimum absolute atomic E-state index is 0.118. The maximum absolute atomic E-state index is 5.45. The molecule has 254 valence electrons. The quantitative estimate of drug-likeness (QED) is 0.172. The second kappa shape index (κ2) is 11.6. The van der Waals surface area contributed by atoms with E-state index in [0.29, 0.717) is 5.95 Å². The van der Waals surface area contributed by atoms with Crippen molar-refractivity contribution in [3.05, 3.63) is 187 Å². The average Bonchev–Trinajstić information content (AvgIpc) is 3.71. The SMILES string of the molecule is CC1(C)c2ccccc2-c2ccc(-c3cccc4c5c6ccccc6c6ccccc6c5n(-c5nc(-c6ccccc6)cc(-c6ccccc6)n5)c34)cc21. The van der Waals surface area contributed by atoms with Gasteiger partial charge in [-0.05, 0) is 56.1 Å². The van der Waals surface area contributed by atoms with Crippen molar-refractivity contribution in [1.29, 1.82) is 0 Å². The lowest BCUT2D eigenvalue weighted by atomic mass is 9.81. The molecule has 3 nitrogen and oxygen atoms in total. The average molecular weight is 690 g/mol. The van der Waals surface area contributed by atoms with Crippen LogP contribution in [0.2, 0.25) is 0 Å². The summed E-state index contributed by atoms with van der Waals surface area (Å²) in [7, 11) is 0. The van der Waals surface area contributed by atoms with Gasteiger partial charge >= 0.3 is 0 Å². The summed E-state index contributed by atoms with van der Waals surface area (Å²) < 4.78 is 2.36. The van der Waals surface area contributed by atoms with E-state index >= 15 is 0 Å². The highest BCUT2D eigenvalue weighted by Crippen LogP contribution is 2.51. The summed E-state index contributed by atoms with van der Waals surface area (Å²) in [5.41, 5.74) is 13.7. The molecule has 0 bridgehead atoms. The van der Waals surface area contributed by atoms with E-state index in [4.69, 9.17) is 9.97 Å². The van der Waals surface area contributed by atoms with Crippen molar-refractivity contribution in [2.75, 3.05) is 0 Å². The van der Waals surface area contributed by atoms with E-state index in [0.717, 1.165) is 39.1 Å². The number of fused-ring (bicyclic) bond motifs is 11. The summed E-state index contributed by atoms with van der Waals surface area (Å²) in [6, 6.07) is 63.4. The Morgan fingerprint density at radius 3 is 1.63 bits per heavy atom. The lowest BCUT2D eigenvalue weighted by Crippen LogP contribution is -2.14. The van der Waals surface area contributed by atoms with Gasteiger partial charge in [-0.2, -0.15) is 0 Å².